The highest BCUT2D eigenvalue weighted by Gasteiger charge is 2.22. The van der Waals surface area contributed by atoms with E-state index in [4.69, 9.17) is 9.84 Å². The minimum atomic E-state index is -3.95. The zero-order valence-electron chi connectivity index (χ0n) is 14.0. The number of hydrogen-bond acceptors (Lipinski definition) is 5. The Labute approximate surface area is 158 Å². The van der Waals surface area contributed by atoms with Gasteiger partial charge in [0.25, 0.3) is 10.0 Å². The predicted molar refractivity (Wildman–Crippen MR) is 100 cm³/mol. The molecule has 140 valence electrons. The highest BCUT2D eigenvalue weighted by molar-refractivity contribution is 7.92. The lowest BCUT2D eigenvalue weighted by Gasteiger charge is -2.10. The molecule has 6 nitrogen and oxygen atoms in total. The molecule has 0 unspecified atom stereocenters. The molecule has 0 atom stereocenters. The van der Waals surface area contributed by atoms with E-state index < -0.39 is 22.0 Å². The summed E-state index contributed by atoms with van der Waals surface area (Å²) in [4.78, 5) is 11.6. The summed E-state index contributed by atoms with van der Waals surface area (Å²) in [5.41, 5.74) is 1.13. The number of thiophene rings is 1. The van der Waals surface area contributed by atoms with Crippen LogP contribution in [0.4, 0.5) is 14.9 Å². The third kappa shape index (κ3) is 4.26. The van der Waals surface area contributed by atoms with E-state index in [2.05, 4.69) is 4.72 Å². The van der Waals surface area contributed by atoms with Crippen molar-refractivity contribution in [3.8, 4) is 15.5 Å². The van der Waals surface area contributed by atoms with Gasteiger partial charge in [-0.15, -0.1) is 0 Å². The van der Waals surface area contributed by atoms with E-state index in [1.807, 2.05) is 0 Å². The number of benzene rings is 2. The van der Waals surface area contributed by atoms with Gasteiger partial charge in [-0.05, 0) is 42.3 Å². The van der Waals surface area contributed by atoms with Crippen LogP contribution in [0.5, 0.6) is 5.06 Å². The molecule has 0 spiro atoms. The van der Waals surface area contributed by atoms with Crippen LogP contribution in [0.1, 0.15) is 5.56 Å². The van der Waals surface area contributed by atoms with E-state index >= 15 is 0 Å². The van der Waals surface area contributed by atoms with Crippen molar-refractivity contribution < 1.29 is 27.4 Å². The molecule has 0 aliphatic rings. The smallest absolute Gasteiger partial charge is 0.449 e. The van der Waals surface area contributed by atoms with Crippen molar-refractivity contribution in [2.75, 3.05) is 4.72 Å². The van der Waals surface area contributed by atoms with Crippen LogP contribution in [-0.4, -0.2) is 19.7 Å². The van der Waals surface area contributed by atoms with Gasteiger partial charge < -0.3 is 9.84 Å². The van der Waals surface area contributed by atoms with Crippen molar-refractivity contribution in [2.24, 2.45) is 0 Å². The lowest BCUT2D eigenvalue weighted by Crippen LogP contribution is -2.15. The van der Waals surface area contributed by atoms with Crippen LogP contribution in [-0.2, 0) is 10.0 Å². The molecule has 0 amide bonds. The van der Waals surface area contributed by atoms with Gasteiger partial charge in [0.1, 0.15) is 11.5 Å². The fourth-order valence-electron chi connectivity index (χ4n) is 2.41. The van der Waals surface area contributed by atoms with Gasteiger partial charge in [0, 0.05) is 4.88 Å². The molecule has 27 heavy (non-hydrogen) atoms. The van der Waals surface area contributed by atoms with Crippen LogP contribution in [0.25, 0.3) is 10.4 Å². The quantitative estimate of drug-likeness (QED) is 0.597. The van der Waals surface area contributed by atoms with Gasteiger partial charge in [0.2, 0.25) is 5.06 Å². The van der Waals surface area contributed by atoms with Crippen LogP contribution in [0.2, 0.25) is 0 Å². The molecule has 0 aliphatic carbocycles. The number of nitrogens with one attached hydrogen (secondary N) is 1. The van der Waals surface area contributed by atoms with E-state index in [0.29, 0.717) is 16.0 Å². The summed E-state index contributed by atoms with van der Waals surface area (Å²) in [5.74, 6) is -0.419. The molecule has 2 aromatic carbocycles. The fraction of sp³-hybridized carbons (Fsp3) is 0.0556. The first kappa shape index (κ1) is 18.9. The summed E-state index contributed by atoms with van der Waals surface area (Å²) >= 11 is 0.934. The molecule has 0 fully saturated rings. The van der Waals surface area contributed by atoms with E-state index in [1.54, 1.807) is 25.1 Å². The van der Waals surface area contributed by atoms with Gasteiger partial charge in [0.05, 0.1) is 4.90 Å². The number of anilines is 1. The molecular weight excluding hydrogens is 393 g/mol. The first-order chi connectivity index (χ1) is 12.8. The molecule has 1 aromatic heterocycles. The second-order valence-electron chi connectivity index (χ2n) is 5.56. The zero-order chi connectivity index (χ0) is 19.6. The van der Waals surface area contributed by atoms with Gasteiger partial charge in [-0.1, -0.05) is 41.7 Å². The Hall–Kier alpha value is -2.91. The Morgan fingerprint density at radius 1 is 1.15 bits per heavy atom. The first-order valence-electron chi connectivity index (χ1n) is 7.65. The van der Waals surface area contributed by atoms with Gasteiger partial charge in [-0.25, -0.2) is 17.6 Å². The lowest BCUT2D eigenvalue weighted by atomic mass is 10.2. The van der Waals surface area contributed by atoms with Gasteiger partial charge in [0.15, 0.2) is 0 Å². The second-order valence-corrected chi connectivity index (χ2v) is 8.22. The molecule has 0 radical (unpaired) electrons. The number of carbonyl (C=O) groups is 1. The Kier molecular flexibility index (Phi) is 5.15. The maximum Gasteiger partial charge on any atom is 0.512 e. The summed E-state index contributed by atoms with van der Waals surface area (Å²) in [6, 6.07) is 13.4. The summed E-state index contributed by atoms with van der Waals surface area (Å²) < 4.78 is 45.6. The van der Waals surface area contributed by atoms with E-state index in [0.717, 1.165) is 11.3 Å². The SMILES string of the molecule is Cc1ccccc1S(=O)(=O)Nc1cc(-c2ccc(F)cc2)sc1OC(=O)O. The minimum absolute atomic E-state index is 0.00928. The predicted octanol–water partition coefficient (Wildman–Crippen LogP) is 4.72. The van der Waals surface area contributed by atoms with E-state index in [9.17, 15) is 17.6 Å². The lowest BCUT2D eigenvalue weighted by molar-refractivity contribution is 0.146. The topological polar surface area (TPSA) is 92.7 Å². The highest BCUT2D eigenvalue weighted by atomic mass is 32.2. The minimum Gasteiger partial charge on any atom is -0.449 e. The van der Waals surface area contributed by atoms with Crippen molar-refractivity contribution >= 4 is 33.2 Å². The molecule has 9 heteroatoms. The molecule has 1 heterocycles. The largest absolute Gasteiger partial charge is 0.512 e. The van der Waals surface area contributed by atoms with Crippen molar-refractivity contribution in [3.05, 3.63) is 66.0 Å². The molecule has 0 aliphatic heterocycles. The van der Waals surface area contributed by atoms with Gasteiger partial charge in [-0.3, -0.25) is 4.72 Å². The van der Waals surface area contributed by atoms with Crippen molar-refractivity contribution in [1.82, 2.24) is 0 Å². The van der Waals surface area contributed by atoms with Gasteiger partial charge in [-0.2, -0.15) is 0 Å². The number of hydrogen-bond donors (Lipinski definition) is 2. The van der Waals surface area contributed by atoms with Crippen molar-refractivity contribution in [3.63, 3.8) is 0 Å². The number of halogens is 1. The molecule has 3 aromatic rings. The third-order valence-corrected chi connectivity index (χ3v) is 6.22. The average molecular weight is 407 g/mol. The van der Waals surface area contributed by atoms with E-state index in [1.165, 1.54) is 36.4 Å². The normalized spacial score (nSPS) is 11.2. The third-order valence-electron chi connectivity index (χ3n) is 3.63. The van der Waals surface area contributed by atoms with Crippen LogP contribution in [0.3, 0.4) is 0 Å². The van der Waals surface area contributed by atoms with Crippen LogP contribution in [0, 0.1) is 12.7 Å². The summed E-state index contributed by atoms with van der Waals surface area (Å²) in [7, 11) is -3.95. The Balaban J connectivity index is 2.02. The number of sulfonamides is 1. The summed E-state index contributed by atoms with van der Waals surface area (Å²) in [6.45, 7) is 1.65. The standard InChI is InChI=1S/C18H14FNO5S2/c1-11-4-2-3-5-16(11)27(23,24)20-14-10-15(26-17(14)25-18(21)22)12-6-8-13(19)9-7-12/h2-10,20H,1H3,(H,21,22). The van der Waals surface area contributed by atoms with Crippen LogP contribution >= 0.6 is 11.3 Å². The Morgan fingerprint density at radius 3 is 2.44 bits per heavy atom. The molecule has 0 saturated heterocycles. The maximum absolute atomic E-state index is 13.1. The van der Waals surface area contributed by atoms with Crippen molar-refractivity contribution in [2.45, 2.75) is 11.8 Å². The zero-order valence-corrected chi connectivity index (χ0v) is 15.6. The number of carboxylic acid groups (broad SMARTS) is 1. The monoisotopic (exact) mass is 407 g/mol. The molecule has 0 saturated carbocycles. The molecular formula is C18H14FNO5S2. The molecule has 0 bridgehead atoms. The average Bonchev–Trinajstić information content (AvgIpc) is 2.97. The van der Waals surface area contributed by atoms with Crippen LogP contribution in [0.15, 0.2) is 59.5 Å². The van der Waals surface area contributed by atoms with E-state index in [-0.39, 0.29) is 15.6 Å². The second kappa shape index (κ2) is 7.37. The molecule has 3 rings (SSSR count). The maximum atomic E-state index is 13.1. The van der Waals surface area contributed by atoms with Crippen LogP contribution < -0.4 is 9.46 Å². The Bertz CT molecular complexity index is 1090. The molecule has 2 N–H and O–H groups in total. The first-order valence-corrected chi connectivity index (χ1v) is 9.95. The number of rotatable bonds is 5. The number of ether oxygens (including phenoxy) is 1. The van der Waals surface area contributed by atoms with Crippen molar-refractivity contribution in [1.29, 1.82) is 0 Å². The summed E-state index contributed by atoms with van der Waals surface area (Å²) in [5, 5.41) is 8.80. The number of aryl methyl sites for hydroxylation is 1. The summed E-state index contributed by atoms with van der Waals surface area (Å²) in [6.07, 6.45) is -1.57. The Morgan fingerprint density at radius 2 is 1.81 bits per heavy atom. The fourth-order valence-corrected chi connectivity index (χ4v) is 4.74. The highest BCUT2D eigenvalue weighted by Crippen LogP contribution is 2.42. The van der Waals surface area contributed by atoms with Gasteiger partial charge >= 0.3 is 6.16 Å².